The maximum absolute atomic E-state index is 14.3. The van der Waals surface area contributed by atoms with E-state index in [-0.39, 0.29) is 0 Å². The van der Waals surface area contributed by atoms with Gasteiger partial charge < -0.3 is 16.2 Å². The number of hydrogen-bond donors (Lipinski definition) is 3. The van der Waals surface area contributed by atoms with Crippen molar-refractivity contribution >= 4 is 17.6 Å². The van der Waals surface area contributed by atoms with Gasteiger partial charge in [-0.25, -0.2) is 17.6 Å². The number of amides is 1. The molecule has 0 unspecified atom stereocenters. The Morgan fingerprint density at radius 2 is 1.59 bits per heavy atom. The second-order valence-electron chi connectivity index (χ2n) is 5.78. The molecule has 0 fully saturated rings. The minimum absolute atomic E-state index is 0.296. The highest BCUT2D eigenvalue weighted by molar-refractivity contribution is 5.94. The summed E-state index contributed by atoms with van der Waals surface area (Å²) in [6.07, 6.45) is -5.84. The molecule has 12 heteroatoms. The molecule has 0 radical (unpaired) electrons. The van der Waals surface area contributed by atoms with Crippen molar-refractivity contribution in [3.63, 3.8) is 0 Å². The van der Waals surface area contributed by atoms with Crippen molar-refractivity contribution in [2.45, 2.75) is 18.6 Å². The molecule has 29 heavy (non-hydrogen) atoms. The van der Waals surface area contributed by atoms with E-state index in [0.717, 1.165) is 12.1 Å². The van der Waals surface area contributed by atoms with Crippen LogP contribution in [-0.2, 0) is 15.8 Å². The lowest BCUT2D eigenvalue weighted by Crippen LogP contribution is -2.34. The Morgan fingerprint density at radius 3 is 2.07 bits per heavy atom. The molecule has 156 valence electrons. The van der Waals surface area contributed by atoms with Crippen LogP contribution in [-0.4, -0.2) is 23.0 Å². The van der Waals surface area contributed by atoms with Crippen molar-refractivity contribution < 1.29 is 45.4 Å². The highest BCUT2D eigenvalue weighted by Gasteiger charge is 2.32. The SMILES string of the molecule is N[C@@H](CC(=O)Nc1c(F)c(F)c(-c2cccc(C(F)(F)F)c2)c(F)c1F)C(=O)O. The molecule has 1 atom stereocenters. The molecule has 2 aromatic carbocycles. The van der Waals surface area contributed by atoms with E-state index in [4.69, 9.17) is 10.8 Å². The Hall–Kier alpha value is -3.15. The van der Waals surface area contributed by atoms with E-state index in [1.165, 1.54) is 5.32 Å². The van der Waals surface area contributed by atoms with Crippen LogP contribution in [0.5, 0.6) is 0 Å². The first-order valence-corrected chi connectivity index (χ1v) is 7.66. The highest BCUT2D eigenvalue weighted by Crippen LogP contribution is 2.37. The standard InChI is InChI=1S/C17H11F7N2O3/c18-11-10(6-2-1-3-7(4-6)17(22,23)24)12(19)14(21)15(13(11)20)26-9(27)5-8(25)16(28)29/h1-4,8H,5,25H2,(H,26,27)(H,28,29)/t8-/m0/s1. The predicted molar refractivity (Wildman–Crippen MR) is 85.6 cm³/mol. The quantitative estimate of drug-likeness (QED) is 0.505. The summed E-state index contributed by atoms with van der Waals surface area (Å²) in [4.78, 5) is 22.2. The molecular formula is C17H11F7N2O3. The van der Waals surface area contributed by atoms with Gasteiger partial charge in [-0.3, -0.25) is 9.59 Å². The van der Waals surface area contributed by atoms with Gasteiger partial charge in [0.1, 0.15) is 11.7 Å². The summed E-state index contributed by atoms with van der Waals surface area (Å²) in [5.74, 6) is -11.3. The fourth-order valence-corrected chi connectivity index (χ4v) is 2.32. The molecule has 0 aromatic heterocycles. The molecule has 4 N–H and O–H groups in total. The Bertz CT molecular complexity index is 947. The van der Waals surface area contributed by atoms with Crippen LogP contribution in [0.1, 0.15) is 12.0 Å². The van der Waals surface area contributed by atoms with Gasteiger partial charge in [-0.2, -0.15) is 13.2 Å². The number of nitrogens with one attached hydrogen (secondary N) is 1. The van der Waals surface area contributed by atoms with Crippen molar-refractivity contribution in [1.82, 2.24) is 0 Å². The van der Waals surface area contributed by atoms with E-state index in [9.17, 15) is 40.3 Å². The van der Waals surface area contributed by atoms with Crippen molar-refractivity contribution in [3.8, 4) is 11.1 Å². The monoisotopic (exact) mass is 424 g/mol. The molecule has 1 amide bonds. The number of alkyl halides is 3. The summed E-state index contributed by atoms with van der Waals surface area (Å²) >= 11 is 0. The van der Waals surface area contributed by atoms with E-state index >= 15 is 0 Å². The summed E-state index contributed by atoms with van der Waals surface area (Å²) < 4.78 is 95.4. The molecular weight excluding hydrogens is 413 g/mol. The number of anilines is 1. The second kappa shape index (κ2) is 8.07. The first kappa shape index (κ1) is 22.1. The maximum atomic E-state index is 14.3. The molecule has 0 spiro atoms. The van der Waals surface area contributed by atoms with E-state index in [2.05, 4.69) is 0 Å². The molecule has 2 rings (SSSR count). The summed E-state index contributed by atoms with van der Waals surface area (Å²) in [7, 11) is 0. The van der Waals surface area contributed by atoms with Gasteiger partial charge in [-0.1, -0.05) is 12.1 Å². The first-order chi connectivity index (χ1) is 13.3. The number of carbonyl (C=O) groups excluding carboxylic acids is 1. The van der Waals surface area contributed by atoms with Crippen molar-refractivity contribution in [1.29, 1.82) is 0 Å². The average Bonchev–Trinajstić information content (AvgIpc) is 2.63. The van der Waals surface area contributed by atoms with Crippen LogP contribution >= 0.6 is 0 Å². The number of carbonyl (C=O) groups is 2. The van der Waals surface area contributed by atoms with Crippen LogP contribution in [0.25, 0.3) is 11.1 Å². The van der Waals surface area contributed by atoms with Crippen molar-refractivity contribution in [3.05, 3.63) is 53.1 Å². The van der Waals surface area contributed by atoms with Crippen molar-refractivity contribution in [2.75, 3.05) is 5.32 Å². The highest BCUT2D eigenvalue weighted by atomic mass is 19.4. The summed E-state index contributed by atoms with van der Waals surface area (Å²) in [5, 5.41) is 10.1. The number of benzene rings is 2. The third-order valence-electron chi connectivity index (χ3n) is 3.73. The van der Waals surface area contributed by atoms with Gasteiger partial charge in [0.2, 0.25) is 5.91 Å². The number of hydrogen-bond acceptors (Lipinski definition) is 3. The predicted octanol–water partition coefficient (Wildman–Crippen LogP) is 3.67. The lowest BCUT2D eigenvalue weighted by Gasteiger charge is -2.15. The topological polar surface area (TPSA) is 92.4 Å². The third kappa shape index (κ3) is 4.65. The fraction of sp³-hybridized carbons (Fsp3) is 0.176. The van der Waals surface area contributed by atoms with E-state index in [1.54, 1.807) is 0 Å². The molecule has 2 aromatic rings. The third-order valence-corrected chi connectivity index (χ3v) is 3.73. The molecule has 0 bridgehead atoms. The number of carboxylic acids is 1. The van der Waals surface area contributed by atoms with E-state index in [1.807, 2.05) is 0 Å². The molecule has 0 aliphatic carbocycles. The average molecular weight is 424 g/mol. The second-order valence-corrected chi connectivity index (χ2v) is 5.78. The zero-order chi connectivity index (χ0) is 22.1. The number of halogens is 7. The smallest absolute Gasteiger partial charge is 0.416 e. The molecule has 0 heterocycles. The van der Waals surface area contributed by atoms with Gasteiger partial charge in [0.25, 0.3) is 0 Å². The minimum atomic E-state index is -4.88. The largest absolute Gasteiger partial charge is 0.480 e. The Kier molecular flexibility index (Phi) is 6.16. The van der Waals surface area contributed by atoms with Gasteiger partial charge in [0.15, 0.2) is 23.3 Å². The normalized spacial score (nSPS) is 12.6. The molecule has 0 aliphatic heterocycles. The zero-order valence-corrected chi connectivity index (χ0v) is 14.1. The Balaban J connectivity index is 2.50. The van der Waals surface area contributed by atoms with Gasteiger partial charge in [0.05, 0.1) is 17.5 Å². The van der Waals surface area contributed by atoms with Gasteiger partial charge in [-0.05, 0) is 17.7 Å². The van der Waals surface area contributed by atoms with Gasteiger partial charge >= 0.3 is 12.1 Å². The zero-order valence-electron chi connectivity index (χ0n) is 14.1. The van der Waals surface area contributed by atoms with Crippen LogP contribution in [0.3, 0.4) is 0 Å². The van der Waals surface area contributed by atoms with Crippen LogP contribution in [0.15, 0.2) is 24.3 Å². The first-order valence-electron chi connectivity index (χ1n) is 7.66. The number of nitrogens with two attached hydrogens (primary N) is 1. The summed E-state index contributed by atoms with van der Waals surface area (Å²) in [5.41, 5.74) is -0.0170. The van der Waals surface area contributed by atoms with Crippen LogP contribution in [0, 0.1) is 23.3 Å². The number of rotatable bonds is 5. The van der Waals surface area contributed by atoms with E-state index in [0.29, 0.717) is 12.1 Å². The van der Waals surface area contributed by atoms with E-state index < -0.39 is 76.2 Å². The maximum Gasteiger partial charge on any atom is 0.416 e. The summed E-state index contributed by atoms with van der Waals surface area (Å²) in [6, 6.07) is 0.729. The molecule has 0 aliphatic rings. The molecule has 5 nitrogen and oxygen atoms in total. The fourth-order valence-electron chi connectivity index (χ4n) is 2.32. The number of aliphatic carboxylic acids is 1. The lowest BCUT2D eigenvalue weighted by molar-refractivity contribution is -0.140. The molecule has 0 saturated carbocycles. The lowest BCUT2D eigenvalue weighted by atomic mass is 10.0. The number of carboxylic acid groups (broad SMARTS) is 1. The van der Waals surface area contributed by atoms with Crippen LogP contribution < -0.4 is 11.1 Å². The Labute approximate surface area is 157 Å². The van der Waals surface area contributed by atoms with Crippen LogP contribution in [0.2, 0.25) is 0 Å². The Morgan fingerprint density at radius 1 is 1.03 bits per heavy atom. The molecule has 0 saturated heterocycles. The summed E-state index contributed by atoms with van der Waals surface area (Å²) in [6.45, 7) is 0. The van der Waals surface area contributed by atoms with Gasteiger partial charge in [0, 0.05) is 0 Å². The van der Waals surface area contributed by atoms with Gasteiger partial charge in [-0.15, -0.1) is 0 Å². The van der Waals surface area contributed by atoms with Crippen molar-refractivity contribution in [2.24, 2.45) is 5.73 Å². The minimum Gasteiger partial charge on any atom is -0.480 e. The van der Waals surface area contributed by atoms with Crippen LogP contribution in [0.4, 0.5) is 36.4 Å².